The summed E-state index contributed by atoms with van der Waals surface area (Å²) in [6.45, 7) is 4.00. The Hall–Kier alpha value is -0.530. The van der Waals surface area contributed by atoms with Gasteiger partial charge in [-0.1, -0.05) is 0 Å². The maximum atomic E-state index is 11.2. The molecule has 1 amide bonds. The van der Waals surface area contributed by atoms with Gasteiger partial charge in [-0.15, -0.1) is 0 Å². The first-order valence-corrected chi connectivity index (χ1v) is 4.09. The molecule has 56 valence electrons. The molecule has 2 aliphatic rings. The SMILES string of the molecule is CCN1CC2CC2CC1=O. The second-order valence-corrected chi connectivity index (χ2v) is 3.39. The summed E-state index contributed by atoms with van der Waals surface area (Å²) in [5, 5.41) is 0. The number of nitrogens with zero attached hydrogens (tertiary/aromatic N) is 1. The van der Waals surface area contributed by atoms with Crippen LogP contribution in [0.15, 0.2) is 0 Å². The van der Waals surface area contributed by atoms with Gasteiger partial charge in [-0.2, -0.15) is 0 Å². The fourth-order valence-corrected chi connectivity index (χ4v) is 1.83. The van der Waals surface area contributed by atoms with Gasteiger partial charge in [-0.05, 0) is 25.2 Å². The number of hydrogen-bond donors (Lipinski definition) is 0. The molecule has 0 aromatic rings. The van der Waals surface area contributed by atoms with Gasteiger partial charge in [0.15, 0.2) is 0 Å². The van der Waals surface area contributed by atoms with Crippen LogP contribution in [0.4, 0.5) is 0 Å². The fourth-order valence-electron chi connectivity index (χ4n) is 1.83. The molecule has 2 nitrogen and oxygen atoms in total. The highest BCUT2D eigenvalue weighted by Gasteiger charge is 2.44. The van der Waals surface area contributed by atoms with E-state index >= 15 is 0 Å². The number of carbonyl (C=O) groups is 1. The third-order valence-electron chi connectivity index (χ3n) is 2.70. The summed E-state index contributed by atoms with van der Waals surface area (Å²) in [7, 11) is 0. The molecule has 2 unspecified atom stereocenters. The Bertz CT molecular complexity index is 167. The number of piperidine rings is 1. The Balaban J connectivity index is 2.01. The van der Waals surface area contributed by atoms with Gasteiger partial charge in [0.05, 0.1) is 0 Å². The van der Waals surface area contributed by atoms with E-state index in [1.54, 1.807) is 0 Å². The Morgan fingerprint density at radius 3 is 3.10 bits per heavy atom. The number of amides is 1. The van der Waals surface area contributed by atoms with Crippen LogP contribution < -0.4 is 0 Å². The maximum absolute atomic E-state index is 11.2. The van der Waals surface area contributed by atoms with Crippen molar-refractivity contribution in [3.8, 4) is 0 Å². The summed E-state index contributed by atoms with van der Waals surface area (Å²) in [5.41, 5.74) is 0. The molecular weight excluding hydrogens is 126 g/mol. The lowest BCUT2D eigenvalue weighted by molar-refractivity contribution is -0.133. The molecule has 0 spiro atoms. The van der Waals surface area contributed by atoms with Crippen molar-refractivity contribution in [3.63, 3.8) is 0 Å². The van der Waals surface area contributed by atoms with Crippen molar-refractivity contribution in [3.05, 3.63) is 0 Å². The average molecular weight is 139 g/mol. The smallest absolute Gasteiger partial charge is 0.222 e. The third-order valence-corrected chi connectivity index (χ3v) is 2.70. The van der Waals surface area contributed by atoms with Crippen molar-refractivity contribution in [2.45, 2.75) is 19.8 Å². The van der Waals surface area contributed by atoms with Gasteiger partial charge < -0.3 is 4.90 Å². The lowest BCUT2D eigenvalue weighted by Crippen LogP contribution is -2.36. The molecule has 0 aromatic carbocycles. The summed E-state index contributed by atoms with van der Waals surface area (Å²) >= 11 is 0. The van der Waals surface area contributed by atoms with Crippen LogP contribution in [0.5, 0.6) is 0 Å². The molecule has 2 rings (SSSR count). The molecule has 0 aromatic heterocycles. The van der Waals surface area contributed by atoms with Gasteiger partial charge in [0, 0.05) is 19.5 Å². The van der Waals surface area contributed by atoms with Crippen LogP contribution in [-0.4, -0.2) is 23.9 Å². The Morgan fingerprint density at radius 1 is 1.60 bits per heavy atom. The molecule has 0 N–H and O–H groups in total. The van der Waals surface area contributed by atoms with E-state index in [0.717, 1.165) is 31.3 Å². The summed E-state index contributed by atoms with van der Waals surface area (Å²) in [6.07, 6.45) is 2.14. The zero-order chi connectivity index (χ0) is 7.14. The molecule has 1 aliphatic heterocycles. The first-order valence-electron chi connectivity index (χ1n) is 4.09. The second-order valence-electron chi connectivity index (χ2n) is 3.39. The van der Waals surface area contributed by atoms with E-state index < -0.39 is 0 Å². The van der Waals surface area contributed by atoms with Gasteiger partial charge in [0.25, 0.3) is 0 Å². The van der Waals surface area contributed by atoms with E-state index in [1.807, 2.05) is 4.90 Å². The van der Waals surface area contributed by atoms with Crippen LogP contribution in [0.3, 0.4) is 0 Å². The third kappa shape index (κ3) is 0.825. The number of hydrogen-bond acceptors (Lipinski definition) is 1. The topological polar surface area (TPSA) is 20.3 Å². The van der Waals surface area contributed by atoms with Gasteiger partial charge in [0.1, 0.15) is 0 Å². The van der Waals surface area contributed by atoms with Crippen LogP contribution in [0, 0.1) is 11.8 Å². The van der Waals surface area contributed by atoms with Crippen molar-refractivity contribution in [2.24, 2.45) is 11.8 Å². The number of fused-ring (bicyclic) bond motifs is 1. The average Bonchev–Trinajstić information content (AvgIpc) is 2.64. The summed E-state index contributed by atoms with van der Waals surface area (Å²) in [4.78, 5) is 13.2. The minimum Gasteiger partial charge on any atom is -0.343 e. The number of likely N-dealkylation sites (tertiary alicyclic amines) is 1. The second kappa shape index (κ2) is 1.97. The van der Waals surface area contributed by atoms with Crippen molar-refractivity contribution in [1.29, 1.82) is 0 Å². The van der Waals surface area contributed by atoms with Gasteiger partial charge in [-0.25, -0.2) is 0 Å². The minimum atomic E-state index is 0.376. The summed E-state index contributed by atoms with van der Waals surface area (Å²) < 4.78 is 0. The van der Waals surface area contributed by atoms with Crippen molar-refractivity contribution < 1.29 is 4.79 Å². The molecule has 1 saturated carbocycles. The summed E-state index contributed by atoms with van der Waals surface area (Å²) in [5.74, 6) is 2.02. The lowest BCUT2D eigenvalue weighted by atomic mass is 10.1. The Morgan fingerprint density at radius 2 is 2.40 bits per heavy atom. The van der Waals surface area contributed by atoms with Crippen LogP contribution in [0.1, 0.15) is 19.8 Å². The molecule has 0 bridgehead atoms. The van der Waals surface area contributed by atoms with Crippen LogP contribution >= 0.6 is 0 Å². The highest BCUT2D eigenvalue weighted by Crippen LogP contribution is 2.45. The van der Waals surface area contributed by atoms with E-state index in [0.29, 0.717) is 5.91 Å². The predicted octanol–water partition coefficient (Wildman–Crippen LogP) is 0.875. The Kier molecular flexibility index (Phi) is 1.22. The molecule has 2 atom stereocenters. The van der Waals surface area contributed by atoms with Crippen molar-refractivity contribution in [2.75, 3.05) is 13.1 Å². The number of rotatable bonds is 1. The van der Waals surface area contributed by atoms with Crippen molar-refractivity contribution >= 4 is 5.91 Å². The van der Waals surface area contributed by atoms with E-state index in [9.17, 15) is 4.79 Å². The molecule has 2 fully saturated rings. The highest BCUT2D eigenvalue weighted by molar-refractivity contribution is 5.78. The lowest BCUT2D eigenvalue weighted by Gasteiger charge is -2.24. The van der Waals surface area contributed by atoms with E-state index in [4.69, 9.17) is 0 Å². The van der Waals surface area contributed by atoms with E-state index in [1.165, 1.54) is 6.42 Å². The predicted molar refractivity (Wildman–Crippen MR) is 38.5 cm³/mol. The number of carbonyl (C=O) groups excluding carboxylic acids is 1. The first-order chi connectivity index (χ1) is 4.81. The quantitative estimate of drug-likeness (QED) is 0.528. The van der Waals surface area contributed by atoms with E-state index in [-0.39, 0.29) is 0 Å². The largest absolute Gasteiger partial charge is 0.343 e. The molecule has 10 heavy (non-hydrogen) atoms. The summed E-state index contributed by atoms with van der Waals surface area (Å²) in [6, 6.07) is 0. The molecule has 0 radical (unpaired) electrons. The minimum absolute atomic E-state index is 0.376. The molecule has 2 heteroatoms. The normalized spacial score (nSPS) is 37.7. The highest BCUT2D eigenvalue weighted by atomic mass is 16.2. The van der Waals surface area contributed by atoms with E-state index in [2.05, 4.69) is 6.92 Å². The van der Waals surface area contributed by atoms with Gasteiger partial charge >= 0.3 is 0 Å². The maximum Gasteiger partial charge on any atom is 0.222 e. The molecule has 1 aliphatic carbocycles. The van der Waals surface area contributed by atoms with Crippen LogP contribution in [0.2, 0.25) is 0 Å². The van der Waals surface area contributed by atoms with Gasteiger partial charge in [0.2, 0.25) is 5.91 Å². The van der Waals surface area contributed by atoms with Gasteiger partial charge in [-0.3, -0.25) is 4.79 Å². The molecular formula is C8H13NO. The first kappa shape index (κ1) is 6.20. The van der Waals surface area contributed by atoms with Crippen LogP contribution in [0.25, 0.3) is 0 Å². The fraction of sp³-hybridized carbons (Fsp3) is 0.875. The monoisotopic (exact) mass is 139 g/mol. The zero-order valence-corrected chi connectivity index (χ0v) is 6.34. The standard InChI is InChI=1S/C8H13NO/c1-2-9-5-7-3-6(7)4-8(9)10/h6-7H,2-5H2,1H3. The van der Waals surface area contributed by atoms with Crippen LogP contribution in [-0.2, 0) is 4.79 Å². The molecule has 1 saturated heterocycles. The van der Waals surface area contributed by atoms with Crippen molar-refractivity contribution in [1.82, 2.24) is 4.90 Å². The Labute approximate surface area is 61.2 Å². The zero-order valence-electron chi connectivity index (χ0n) is 6.34. The molecule has 1 heterocycles.